The summed E-state index contributed by atoms with van der Waals surface area (Å²) < 4.78 is 13.0. The van der Waals surface area contributed by atoms with Gasteiger partial charge in [0.2, 0.25) is 0 Å². The van der Waals surface area contributed by atoms with E-state index < -0.39 is 12.0 Å². The molecule has 5 rings (SSSR count). The van der Waals surface area contributed by atoms with Crippen molar-refractivity contribution in [1.29, 1.82) is 0 Å². The molecule has 1 fully saturated rings. The Bertz CT molecular complexity index is 1360. The monoisotopic (exact) mass is 480 g/mol. The van der Waals surface area contributed by atoms with E-state index in [4.69, 9.17) is 20.0 Å². The number of nitrogens with two attached hydrogens (primary N) is 1. The number of aliphatic hydroxyl groups is 2. The number of ether oxygens (including phenoxy) is 1. The number of hydrogen-bond donors (Lipinski definition) is 4. The molecule has 13 nitrogen and oxygen atoms in total. The van der Waals surface area contributed by atoms with Gasteiger partial charge in [0.05, 0.1) is 30.4 Å². The lowest BCUT2D eigenvalue weighted by Crippen LogP contribution is -2.45. The highest BCUT2D eigenvalue weighted by molar-refractivity contribution is 5.96. The number of oxazole rings is 1. The summed E-state index contributed by atoms with van der Waals surface area (Å²) in [5.74, 6) is 0.129. The summed E-state index contributed by atoms with van der Waals surface area (Å²) in [6.07, 6.45) is 4.03. The van der Waals surface area contributed by atoms with Gasteiger partial charge in [0, 0.05) is 38.3 Å². The Morgan fingerprint density at radius 2 is 2.17 bits per heavy atom. The molecule has 182 valence electrons. The van der Waals surface area contributed by atoms with Crippen LogP contribution in [0, 0.1) is 0 Å². The van der Waals surface area contributed by atoms with E-state index in [1.165, 1.54) is 0 Å². The first-order chi connectivity index (χ1) is 16.9. The van der Waals surface area contributed by atoms with E-state index in [1.807, 2.05) is 4.90 Å². The Balaban J connectivity index is 1.26. The fourth-order valence-electron chi connectivity index (χ4n) is 3.67. The molecule has 35 heavy (non-hydrogen) atoms. The van der Waals surface area contributed by atoms with Gasteiger partial charge in [-0.2, -0.15) is 10.1 Å². The Morgan fingerprint density at radius 1 is 1.34 bits per heavy atom. The van der Waals surface area contributed by atoms with Gasteiger partial charge in [0.15, 0.2) is 17.1 Å². The zero-order valence-corrected chi connectivity index (χ0v) is 18.8. The normalized spacial score (nSPS) is 14.7. The first-order valence-corrected chi connectivity index (χ1v) is 10.9. The average molecular weight is 480 g/mol. The lowest BCUT2D eigenvalue weighted by molar-refractivity contribution is 0.0536. The molecule has 5 N–H and O–H groups in total. The van der Waals surface area contributed by atoms with Crippen molar-refractivity contribution in [2.24, 2.45) is 12.8 Å². The number of aromatic nitrogens is 5. The van der Waals surface area contributed by atoms with Gasteiger partial charge in [-0.15, -0.1) is 0 Å². The van der Waals surface area contributed by atoms with E-state index >= 15 is 0 Å². The minimum absolute atomic E-state index is 0.0261. The zero-order valence-electron chi connectivity index (χ0n) is 18.8. The molecule has 1 saturated heterocycles. The fraction of sp³-hybridized carbons (Fsp3) is 0.318. The highest BCUT2D eigenvalue weighted by atomic mass is 16.5. The number of nitrogens with one attached hydrogen (secondary N) is 1. The van der Waals surface area contributed by atoms with Crippen LogP contribution in [0.25, 0.3) is 11.1 Å². The number of fused-ring (bicyclic) bond motifs is 1. The molecule has 1 unspecified atom stereocenters. The van der Waals surface area contributed by atoms with Crippen molar-refractivity contribution in [2.75, 3.05) is 36.5 Å². The minimum atomic E-state index is -0.952. The summed E-state index contributed by atoms with van der Waals surface area (Å²) in [7, 11) is 1.78. The van der Waals surface area contributed by atoms with E-state index in [1.54, 1.807) is 48.5 Å². The molecule has 1 aliphatic rings. The van der Waals surface area contributed by atoms with Gasteiger partial charge in [0.25, 0.3) is 11.9 Å². The van der Waals surface area contributed by atoms with Crippen LogP contribution in [-0.2, 0) is 7.05 Å². The van der Waals surface area contributed by atoms with Gasteiger partial charge in [-0.3, -0.25) is 9.48 Å². The molecule has 0 spiro atoms. The van der Waals surface area contributed by atoms with Crippen LogP contribution < -0.4 is 20.7 Å². The van der Waals surface area contributed by atoms with Crippen LogP contribution in [0.3, 0.4) is 0 Å². The standard InChI is InChI=1S/C22H24N8O5/c1-29-9-13(5-25-29)26-21-19(20(23)33)27-17(6-24-21)12-7-30(8-12)22-28-16-3-2-15(4-18(16)35-22)34-11-14(32)10-31/h2-6,9,12,14,31-32H,7-8,10-11H2,1H3,(H2,23,33)(H,24,26). The molecular weight excluding hydrogens is 456 g/mol. The van der Waals surface area contributed by atoms with E-state index in [0.29, 0.717) is 47.3 Å². The molecule has 0 aliphatic carbocycles. The Morgan fingerprint density at radius 3 is 2.89 bits per heavy atom. The SMILES string of the molecule is Cn1cc(Nc2ncc(C3CN(c4nc5ccc(OCC(O)CO)cc5o4)C3)nc2C(N)=O)cn1. The third-order valence-corrected chi connectivity index (χ3v) is 5.56. The van der Waals surface area contributed by atoms with Crippen molar-refractivity contribution < 1.29 is 24.2 Å². The summed E-state index contributed by atoms with van der Waals surface area (Å²) in [6.45, 7) is 0.768. The molecule has 3 aromatic heterocycles. The Hall–Kier alpha value is -4.23. The van der Waals surface area contributed by atoms with Crippen molar-refractivity contribution in [2.45, 2.75) is 12.0 Å². The lowest BCUT2D eigenvalue weighted by atomic mass is 9.97. The Kier molecular flexibility index (Phi) is 5.93. The first kappa shape index (κ1) is 22.6. The van der Waals surface area contributed by atoms with Gasteiger partial charge in [-0.1, -0.05) is 0 Å². The highest BCUT2D eigenvalue weighted by Crippen LogP contribution is 2.33. The number of amides is 1. The van der Waals surface area contributed by atoms with Gasteiger partial charge in [-0.05, 0) is 12.1 Å². The predicted octanol–water partition coefficient (Wildman–Crippen LogP) is 0.530. The molecule has 4 aromatic rings. The fourth-order valence-corrected chi connectivity index (χ4v) is 3.67. The second kappa shape index (κ2) is 9.19. The maximum Gasteiger partial charge on any atom is 0.298 e. The van der Waals surface area contributed by atoms with Gasteiger partial charge in [0.1, 0.15) is 24.0 Å². The van der Waals surface area contributed by atoms with E-state index in [2.05, 4.69) is 25.4 Å². The number of primary amides is 1. The molecule has 4 heterocycles. The number of anilines is 3. The second-order valence-corrected chi connectivity index (χ2v) is 8.26. The predicted molar refractivity (Wildman–Crippen MR) is 125 cm³/mol. The third-order valence-electron chi connectivity index (χ3n) is 5.56. The highest BCUT2D eigenvalue weighted by Gasteiger charge is 2.33. The van der Waals surface area contributed by atoms with Crippen molar-refractivity contribution in [3.63, 3.8) is 0 Å². The summed E-state index contributed by atoms with van der Waals surface area (Å²) in [5.41, 5.74) is 8.14. The summed E-state index contributed by atoms with van der Waals surface area (Å²) in [4.78, 5) is 27.3. The van der Waals surface area contributed by atoms with Crippen LogP contribution in [0.15, 0.2) is 41.2 Å². The smallest absolute Gasteiger partial charge is 0.298 e. The minimum Gasteiger partial charge on any atom is -0.491 e. The van der Waals surface area contributed by atoms with E-state index in [-0.39, 0.29) is 30.6 Å². The van der Waals surface area contributed by atoms with Crippen molar-refractivity contribution >= 4 is 34.5 Å². The first-order valence-electron chi connectivity index (χ1n) is 10.9. The van der Waals surface area contributed by atoms with Crippen LogP contribution in [0.4, 0.5) is 17.5 Å². The van der Waals surface area contributed by atoms with Crippen molar-refractivity contribution in [3.05, 3.63) is 48.2 Å². The van der Waals surface area contributed by atoms with Gasteiger partial charge < -0.3 is 35.3 Å². The van der Waals surface area contributed by atoms with E-state index in [9.17, 15) is 9.90 Å². The number of rotatable bonds is 9. The lowest BCUT2D eigenvalue weighted by Gasteiger charge is -2.37. The Labute approximate surface area is 199 Å². The molecular formula is C22H24N8O5. The summed E-state index contributed by atoms with van der Waals surface area (Å²) >= 11 is 0. The second-order valence-electron chi connectivity index (χ2n) is 8.26. The molecule has 1 aromatic carbocycles. The number of carbonyl (C=O) groups excluding carboxylic acids is 1. The van der Waals surface area contributed by atoms with Crippen LogP contribution in [0.5, 0.6) is 5.75 Å². The van der Waals surface area contributed by atoms with Crippen LogP contribution in [-0.4, -0.2) is 73.3 Å². The topological polar surface area (TPSA) is 178 Å². The number of nitrogens with zero attached hydrogens (tertiary/aromatic N) is 6. The quantitative estimate of drug-likeness (QED) is 0.263. The largest absolute Gasteiger partial charge is 0.491 e. The molecule has 0 bridgehead atoms. The molecule has 0 saturated carbocycles. The van der Waals surface area contributed by atoms with E-state index in [0.717, 1.165) is 0 Å². The maximum absolute atomic E-state index is 12.0. The third kappa shape index (κ3) is 4.72. The molecule has 1 atom stereocenters. The van der Waals surface area contributed by atoms with Gasteiger partial charge in [-0.25, -0.2) is 9.97 Å². The molecule has 13 heteroatoms. The van der Waals surface area contributed by atoms with Gasteiger partial charge >= 0.3 is 0 Å². The zero-order chi connectivity index (χ0) is 24.5. The average Bonchev–Trinajstić information content (AvgIpc) is 3.42. The molecule has 1 aliphatic heterocycles. The number of carbonyl (C=O) groups is 1. The maximum atomic E-state index is 12.0. The number of hydrogen-bond acceptors (Lipinski definition) is 11. The van der Waals surface area contributed by atoms with Crippen LogP contribution in [0.2, 0.25) is 0 Å². The van der Waals surface area contributed by atoms with Crippen molar-refractivity contribution in [1.82, 2.24) is 24.7 Å². The number of aliphatic hydroxyl groups excluding tert-OH is 2. The van der Waals surface area contributed by atoms with Crippen LogP contribution in [0.1, 0.15) is 22.1 Å². The summed E-state index contributed by atoms with van der Waals surface area (Å²) in [5, 5.41) is 25.4. The summed E-state index contributed by atoms with van der Waals surface area (Å²) in [6, 6.07) is 5.63. The molecule has 1 amide bonds. The van der Waals surface area contributed by atoms with Crippen LogP contribution >= 0.6 is 0 Å². The van der Waals surface area contributed by atoms with Crippen molar-refractivity contribution in [3.8, 4) is 5.75 Å². The number of benzene rings is 1. The molecule has 0 radical (unpaired) electrons. The number of aryl methyl sites for hydroxylation is 1.